The molecule has 2 amide bonds. The molecule has 0 aromatic heterocycles. The van der Waals surface area contributed by atoms with Crippen LogP contribution in [0.1, 0.15) is 34.5 Å². The van der Waals surface area contributed by atoms with E-state index in [1.165, 1.54) is 0 Å². The lowest BCUT2D eigenvalue weighted by atomic mass is 9.86. The van der Waals surface area contributed by atoms with Crippen molar-refractivity contribution in [3.8, 4) is 0 Å². The number of hydrogen-bond donors (Lipinski definition) is 1. The third-order valence-electron chi connectivity index (χ3n) is 7.05. The molecule has 33 heavy (non-hydrogen) atoms. The second kappa shape index (κ2) is 8.55. The summed E-state index contributed by atoms with van der Waals surface area (Å²) >= 11 is 13.5. The fourth-order valence-electron chi connectivity index (χ4n) is 5.33. The second-order valence-corrected chi connectivity index (χ2v) is 9.94. The predicted molar refractivity (Wildman–Crippen MR) is 128 cm³/mol. The fraction of sp³-hybridized carbons (Fsp3) is 0.458. The van der Waals surface area contributed by atoms with Crippen LogP contribution in [-0.2, 0) is 16.0 Å². The van der Waals surface area contributed by atoms with E-state index >= 15 is 0 Å². The Hall–Kier alpha value is -2.19. The lowest BCUT2D eigenvalue weighted by molar-refractivity contribution is -0.114. The van der Waals surface area contributed by atoms with Gasteiger partial charge in [0.2, 0.25) is 0 Å². The maximum absolute atomic E-state index is 13.6. The molecule has 1 fully saturated rings. The molecular weight excluding hydrogens is 463 g/mol. The molecule has 2 atom stereocenters. The van der Waals surface area contributed by atoms with E-state index in [4.69, 9.17) is 27.9 Å². The molecule has 1 aromatic rings. The van der Waals surface area contributed by atoms with Crippen molar-refractivity contribution in [3.05, 3.63) is 56.2 Å². The van der Waals surface area contributed by atoms with Gasteiger partial charge in [-0.2, -0.15) is 0 Å². The predicted octanol–water partition coefficient (Wildman–Crippen LogP) is 3.02. The molecule has 4 aliphatic heterocycles. The van der Waals surface area contributed by atoms with Crippen molar-refractivity contribution in [2.75, 3.05) is 40.3 Å². The minimum absolute atomic E-state index is 0.113. The van der Waals surface area contributed by atoms with E-state index in [2.05, 4.69) is 22.3 Å². The second-order valence-electron chi connectivity index (χ2n) is 9.15. The highest BCUT2D eigenvalue weighted by Gasteiger charge is 2.38. The van der Waals surface area contributed by atoms with E-state index in [9.17, 15) is 9.59 Å². The van der Waals surface area contributed by atoms with Gasteiger partial charge >= 0.3 is 0 Å². The minimum atomic E-state index is -0.294. The van der Waals surface area contributed by atoms with Crippen LogP contribution in [0.2, 0.25) is 10.0 Å². The normalized spacial score (nSPS) is 23.8. The van der Waals surface area contributed by atoms with Crippen molar-refractivity contribution in [2.24, 2.45) is 10.9 Å². The molecule has 0 spiro atoms. The van der Waals surface area contributed by atoms with Crippen molar-refractivity contribution in [1.82, 2.24) is 15.1 Å². The third kappa shape index (κ3) is 3.71. The number of nitrogens with one attached hydrogen (secondary N) is 1. The van der Waals surface area contributed by atoms with Gasteiger partial charge in [-0.25, -0.2) is 4.99 Å². The smallest absolute Gasteiger partial charge is 0.275 e. The number of ether oxygens (including phenoxy) is 1. The lowest BCUT2D eigenvalue weighted by Crippen LogP contribution is -2.47. The van der Waals surface area contributed by atoms with Crippen molar-refractivity contribution in [1.29, 1.82) is 0 Å². The van der Waals surface area contributed by atoms with Gasteiger partial charge < -0.3 is 19.9 Å². The summed E-state index contributed by atoms with van der Waals surface area (Å²) in [5, 5.41) is 4.14. The highest BCUT2D eigenvalue weighted by molar-refractivity contribution is 6.37. The van der Waals surface area contributed by atoms with E-state index in [-0.39, 0.29) is 36.4 Å². The van der Waals surface area contributed by atoms with Crippen LogP contribution in [0.25, 0.3) is 0 Å². The van der Waals surface area contributed by atoms with Crippen molar-refractivity contribution in [3.63, 3.8) is 0 Å². The molecule has 1 saturated heterocycles. The molecule has 4 heterocycles. The van der Waals surface area contributed by atoms with Crippen molar-refractivity contribution in [2.45, 2.75) is 25.5 Å². The molecule has 0 radical (unpaired) electrons. The summed E-state index contributed by atoms with van der Waals surface area (Å²) in [6.07, 6.45) is 4.04. The van der Waals surface area contributed by atoms with Crippen LogP contribution in [0.3, 0.4) is 0 Å². The number of benzene rings is 1. The number of methoxy groups -OCH3 is 1. The van der Waals surface area contributed by atoms with Crippen LogP contribution >= 0.6 is 23.2 Å². The lowest BCUT2D eigenvalue weighted by Gasteiger charge is -2.41. The summed E-state index contributed by atoms with van der Waals surface area (Å²) in [6.45, 7) is 4.26. The first-order valence-corrected chi connectivity index (χ1v) is 11.8. The zero-order valence-corrected chi connectivity index (χ0v) is 20.3. The number of rotatable bonds is 5. The van der Waals surface area contributed by atoms with Gasteiger partial charge in [0.05, 0.1) is 29.3 Å². The van der Waals surface area contributed by atoms with Crippen molar-refractivity contribution < 1.29 is 14.3 Å². The molecule has 5 rings (SSSR count). The van der Waals surface area contributed by atoms with Crippen LogP contribution in [0.4, 0.5) is 0 Å². The van der Waals surface area contributed by atoms with Crippen LogP contribution < -0.4 is 5.32 Å². The number of likely N-dealkylation sites (tertiary alicyclic amines) is 1. The minimum Gasteiger partial charge on any atom is -0.379 e. The molecule has 0 saturated carbocycles. The van der Waals surface area contributed by atoms with Gasteiger partial charge in [0.1, 0.15) is 0 Å². The summed E-state index contributed by atoms with van der Waals surface area (Å²) in [5.74, 6) is -0.228. The van der Waals surface area contributed by atoms with Crippen LogP contribution in [0.15, 0.2) is 34.5 Å². The van der Waals surface area contributed by atoms with Gasteiger partial charge in [0.25, 0.3) is 11.8 Å². The molecule has 1 N–H and O–H groups in total. The molecule has 9 heteroatoms. The molecule has 1 aromatic carbocycles. The van der Waals surface area contributed by atoms with E-state index in [1.54, 1.807) is 12.0 Å². The largest absolute Gasteiger partial charge is 0.379 e. The Kier molecular flexibility index (Phi) is 5.85. The van der Waals surface area contributed by atoms with E-state index in [0.29, 0.717) is 34.1 Å². The number of hydrogen-bond acceptors (Lipinski definition) is 5. The Morgan fingerprint density at radius 3 is 2.76 bits per heavy atom. The number of aliphatic imine (C=N–C) groups is 1. The zero-order valence-electron chi connectivity index (χ0n) is 18.8. The Labute approximate surface area is 203 Å². The number of amides is 2. The average Bonchev–Trinajstić information content (AvgIpc) is 3.25. The molecule has 0 aliphatic carbocycles. The Balaban J connectivity index is 1.47. The van der Waals surface area contributed by atoms with E-state index in [1.807, 2.05) is 25.3 Å². The van der Waals surface area contributed by atoms with Crippen molar-refractivity contribution >= 4 is 40.7 Å². The van der Waals surface area contributed by atoms with E-state index in [0.717, 1.165) is 35.5 Å². The van der Waals surface area contributed by atoms with Gasteiger partial charge in [-0.1, -0.05) is 23.2 Å². The van der Waals surface area contributed by atoms with Crippen LogP contribution in [0.5, 0.6) is 0 Å². The first-order valence-electron chi connectivity index (χ1n) is 11.1. The van der Waals surface area contributed by atoms with Gasteiger partial charge in [-0.15, -0.1) is 0 Å². The maximum Gasteiger partial charge on any atom is 0.275 e. The first kappa shape index (κ1) is 22.6. The van der Waals surface area contributed by atoms with Gasteiger partial charge in [0.15, 0.2) is 0 Å². The molecule has 7 nitrogen and oxygen atoms in total. The molecular formula is C24H26Cl2N4O3. The SMILES string of the molecule is COC(c1cc(Cl)c2c(c1Cl)C(=O)N(CC1=C3C=CNC3C(C)=NC1=O)CC2)C1CN(C)C1. The topological polar surface area (TPSA) is 74.2 Å². The number of fused-ring (bicyclic) bond motifs is 2. The van der Waals surface area contributed by atoms with Gasteiger partial charge in [-0.05, 0) is 49.9 Å². The van der Waals surface area contributed by atoms with Gasteiger partial charge in [0, 0.05) is 54.5 Å². The Bertz CT molecular complexity index is 1140. The van der Waals surface area contributed by atoms with Gasteiger partial charge in [-0.3, -0.25) is 9.59 Å². The number of dihydropyridines is 1. The maximum atomic E-state index is 13.6. The standard InChI is InChI=1S/C24H26Cl2N4O3/c1-12-21-14(4-6-27-21)17(23(31)28-12)11-30-7-5-15-18(25)8-16(20(26)19(15)24(30)32)22(33-3)13-9-29(2)10-13/h4,6,8,13,21-22,27H,5,7,9-11H2,1-3H3. The quantitative estimate of drug-likeness (QED) is 0.689. The Morgan fingerprint density at radius 1 is 1.30 bits per heavy atom. The van der Waals surface area contributed by atoms with Crippen LogP contribution in [0, 0.1) is 5.92 Å². The average molecular weight is 489 g/mol. The zero-order chi connectivity index (χ0) is 23.4. The summed E-state index contributed by atoms with van der Waals surface area (Å²) in [7, 11) is 3.71. The third-order valence-corrected chi connectivity index (χ3v) is 7.79. The monoisotopic (exact) mass is 488 g/mol. The molecule has 2 unspecified atom stereocenters. The summed E-state index contributed by atoms with van der Waals surface area (Å²) in [5.41, 5.74) is 4.06. The number of halogens is 2. The number of carbonyl (C=O) groups is 2. The summed E-state index contributed by atoms with van der Waals surface area (Å²) in [6, 6.07) is 1.74. The highest BCUT2D eigenvalue weighted by Crippen LogP contribution is 2.42. The summed E-state index contributed by atoms with van der Waals surface area (Å²) in [4.78, 5) is 34.4. The Morgan fingerprint density at radius 2 is 2.06 bits per heavy atom. The molecule has 174 valence electrons. The molecule has 4 aliphatic rings. The fourth-order valence-corrected chi connectivity index (χ4v) is 6.00. The number of nitrogens with zero attached hydrogens (tertiary/aromatic N) is 3. The van der Waals surface area contributed by atoms with E-state index < -0.39 is 0 Å². The summed E-state index contributed by atoms with van der Waals surface area (Å²) < 4.78 is 5.79. The van der Waals surface area contributed by atoms with Crippen LogP contribution in [-0.4, -0.2) is 73.7 Å². The first-order chi connectivity index (χ1) is 15.8. The number of carbonyl (C=O) groups excluding carboxylic acids is 2. The molecule has 0 bridgehead atoms. The highest BCUT2D eigenvalue weighted by atomic mass is 35.5.